The van der Waals surface area contributed by atoms with E-state index in [-0.39, 0.29) is 0 Å². The lowest BCUT2D eigenvalue weighted by atomic mass is 10.2. The normalized spacial score (nSPS) is 9.53. The van der Waals surface area contributed by atoms with Crippen LogP contribution >= 0.6 is 0 Å². The van der Waals surface area contributed by atoms with Crippen LogP contribution in [0.25, 0.3) is 0 Å². The minimum Gasteiger partial charge on any atom is -0.285 e. The van der Waals surface area contributed by atoms with E-state index in [4.69, 9.17) is 10.5 Å². The molecule has 0 radical (unpaired) electrons. The SMILES string of the molecule is N#CCCN(CC#N)Cc1cccnc1. The molecule has 15 heavy (non-hydrogen) atoms. The summed E-state index contributed by atoms with van der Waals surface area (Å²) in [6, 6.07) is 8.00. The molecule has 0 aliphatic heterocycles. The lowest BCUT2D eigenvalue weighted by molar-refractivity contribution is 0.304. The van der Waals surface area contributed by atoms with Crippen molar-refractivity contribution in [3.8, 4) is 12.1 Å². The van der Waals surface area contributed by atoms with Gasteiger partial charge in [-0.05, 0) is 11.6 Å². The number of pyridine rings is 1. The Kier molecular flexibility index (Phi) is 4.86. The summed E-state index contributed by atoms with van der Waals surface area (Å²) in [6.07, 6.45) is 3.94. The van der Waals surface area contributed by atoms with Gasteiger partial charge in [0.1, 0.15) is 0 Å². The first-order valence-electron chi connectivity index (χ1n) is 4.72. The maximum absolute atomic E-state index is 8.62. The van der Waals surface area contributed by atoms with Crippen LogP contribution in [-0.4, -0.2) is 23.0 Å². The molecule has 1 aromatic rings. The van der Waals surface area contributed by atoms with Crippen LogP contribution in [0.15, 0.2) is 24.5 Å². The fraction of sp³-hybridized carbons (Fsp3) is 0.364. The van der Waals surface area contributed by atoms with Crippen molar-refractivity contribution < 1.29 is 0 Å². The Hall–Kier alpha value is -1.91. The molecule has 1 rings (SSSR count). The largest absolute Gasteiger partial charge is 0.285 e. The van der Waals surface area contributed by atoms with E-state index in [2.05, 4.69) is 17.1 Å². The molecule has 4 nitrogen and oxygen atoms in total. The molecule has 0 unspecified atom stereocenters. The van der Waals surface area contributed by atoms with Gasteiger partial charge in [0, 0.05) is 31.9 Å². The van der Waals surface area contributed by atoms with Crippen molar-refractivity contribution in [2.45, 2.75) is 13.0 Å². The fourth-order valence-corrected chi connectivity index (χ4v) is 1.27. The maximum Gasteiger partial charge on any atom is 0.0869 e. The lowest BCUT2D eigenvalue weighted by Crippen LogP contribution is -2.24. The molecule has 0 spiro atoms. The highest BCUT2D eigenvalue weighted by atomic mass is 15.1. The van der Waals surface area contributed by atoms with Crippen LogP contribution in [0.2, 0.25) is 0 Å². The van der Waals surface area contributed by atoms with Crippen molar-refractivity contribution in [2.75, 3.05) is 13.1 Å². The Balaban J connectivity index is 2.52. The van der Waals surface area contributed by atoms with E-state index in [1.54, 1.807) is 12.4 Å². The molecule has 0 saturated carbocycles. The zero-order chi connectivity index (χ0) is 10.9. The first kappa shape index (κ1) is 11.2. The summed E-state index contributed by atoms with van der Waals surface area (Å²) in [5.74, 6) is 0. The van der Waals surface area contributed by atoms with Crippen molar-refractivity contribution in [1.29, 1.82) is 10.5 Å². The summed E-state index contributed by atoms with van der Waals surface area (Å²) in [5, 5.41) is 17.1. The van der Waals surface area contributed by atoms with Crippen LogP contribution in [0.4, 0.5) is 0 Å². The molecule has 0 amide bonds. The standard InChI is InChI=1S/C11H12N4/c12-4-2-7-15(8-5-13)10-11-3-1-6-14-9-11/h1,3,6,9H,2,7-8,10H2. The first-order valence-corrected chi connectivity index (χ1v) is 4.72. The van der Waals surface area contributed by atoms with E-state index in [1.807, 2.05) is 17.0 Å². The molecule has 0 saturated heterocycles. The van der Waals surface area contributed by atoms with Gasteiger partial charge in [0.25, 0.3) is 0 Å². The van der Waals surface area contributed by atoms with Crippen LogP contribution < -0.4 is 0 Å². The predicted octanol–water partition coefficient (Wildman–Crippen LogP) is 1.32. The fourth-order valence-electron chi connectivity index (χ4n) is 1.27. The third kappa shape index (κ3) is 4.21. The average Bonchev–Trinajstić information content (AvgIpc) is 2.28. The van der Waals surface area contributed by atoms with Crippen LogP contribution in [-0.2, 0) is 6.54 Å². The molecule has 0 N–H and O–H groups in total. The molecule has 4 heteroatoms. The molecule has 0 bridgehead atoms. The number of nitrogens with zero attached hydrogens (tertiary/aromatic N) is 4. The predicted molar refractivity (Wildman–Crippen MR) is 55.4 cm³/mol. The van der Waals surface area contributed by atoms with Crippen LogP contribution in [0.3, 0.4) is 0 Å². The summed E-state index contributed by atoms with van der Waals surface area (Å²) in [7, 11) is 0. The van der Waals surface area contributed by atoms with Crippen molar-refractivity contribution in [1.82, 2.24) is 9.88 Å². The minimum absolute atomic E-state index is 0.344. The Morgan fingerprint density at radius 3 is 2.80 bits per heavy atom. The number of hydrogen-bond donors (Lipinski definition) is 0. The highest BCUT2D eigenvalue weighted by Crippen LogP contribution is 2.02. The molecule has 0 atom stereocenters. The van der Waals surface area contributed by atoms with Crippen LogP contribution in [0, 0.1) is 22.7 Å². The molecule has 0 aliphatic carbocycles. The van der Waals surface area contributed by atoms with Gasteiger partial charge < -0.3 is 0 Å². The van der Waals surface area contributed by atoms with E-state index in [1.165, 1.54) is 0 Å². The van der Waals surface area contributed by atoms with Crippen molar-refractivity contribution in [3.63, 3.8) is 0 Å². The van der Waals surface area contributed by atoms with Crippen LogP contribution in [0.5, 0.6) is 0 Å². The van der Waals surface area contributed by atoms with Crippen molar-refractivity contribution in [3.05, 3.63) is 30.1 Å². The maximum atomic E-state index is 8.62. The van der Waals surface area contributed by atoms with Gasteiger partial charge in [-0.1, -0.05) is 6.07 Å². The van der Waals surface area contributed by atoms with Gasteiger partial charge in [-0.2, -0.15) is 10.5 Å². The summed E-state index contributed by atoms with van der Waals surface area (Å²) in [6.45, 7) is 1.64. The van der Waals surface area contributed by atoms with E-state index < -0.39 is 0 Å². The molecule has 1 heterocycles. The third-order valence-corrected chi connectivity index (χ3v) is 1.96. The Morgan fingerprint density at radius 2 is 2.20 bits per heavy atom. The molecule has 0 fully saturated rings. The second-order valence-corrected chi connectivity index (χ2v) is 3.14. The topological polar surface area (TPSA) is 63.7 Å². The molecule has 0 aromatic carbocycles. The summed E-state index contributed by atoms with van der Waals surface area (Å²) >= 11 is 0. The van der Waals surface area contributed by atoms with Crippen molar-refractivity contribution in [2.24, 2.45) is 0 Å². The smallest absolute Gasteiger partial charge is 0.0869 e. The van der Waals surface area contributed by atoms with E-state index in [9.17, 15) is 0 Å². The molecule has 1 aromatic heterocycles. The molecule has 76 valence electrons. The minimum atomic E-state index is 0.344. The second-order valence-electron chi connectivity index (χ2n) is 3.14. The highest BCUT2D eigenvalue weighted by Gasteiger charge is 2.04. The van der Waals surface area contributed by atoms with Gasteiger partial charge in [0.05, 0.1) is 18.7 Å². The van der Waals surface area contributed by atoms with E-state index in [0.29, 0.717) is 26.1 Å². The van der Waals surface area contributed by atoms with E-state index >= 15 is 0 Å². The van der Waals surface area contributed by atoms with Gasteiger partial charge >= 0.3 is 0 Å². The number of aromatic nitrogens is 1. The lowest BCUT2D eigenvalue weighted by Gasteiger charge is -2.16. The molecular formula is C11H12N4. The second kappa shape index (κ2) is 6.53. The van der Waals surface area contributed by atoms with Gasteiger partial charge in [-0.25, -0.2) is 0 Å². The molecular weight excluding hydrogens is 188 g/mol. The Bertz CT molecular complexity index is 360. The number of hydrogen-bond acceptors (Lipinski definition) is 4. The number of rotatable bonds is 5. The monoisotopic (exact) mass is 200 g/mol. The zero-order valence-corrected chi connectivity index (χ0v) is 8.43. The quantitative estimate of drug-likeness (QED) is 0.672. The van der Waals surface area contributed by atoms with Gasteiger partial charge in [-0.15, -0.1) is 0 Å². The summed E-state index contributed by atoms with van der Waals surface area (Å²) < 4.78 is 0. The van der Waals surface area contributed by atoms with Crippen molar-refractivity contribution >= 4 is 0 Å². The average molecular weight is 200 g/mol. The van der Waals surface area contributed by atoms with Crippen LogP contribution in [0.1, 0.15) is 12.0 Å². The van der Waals surface area contributed by atoms with Gasteiger partial charge in [0.2, 0.25) is 0 Å². The van der Waals surface area contributed by atoms with E-state index in [0.717, 1.165) is 5.56 Å². The Labute approximate surface area is 89.4 Å². The van der Waals surface area contributed by atoms with Gasteiger partial charge in [-0.3, -0.25) is 9.88 Å². The Morgan fingerprint density at radius 1 is 1.33 bits per heavy atom. The summed E-state index contributed by atoms with van der Waals surface area (Å²) in [4.78, 5) is 5.93. The third-order valence-electron chi connectivity index (χ3n) is 1.96. The zero-order valence-electron chi connectivity index (χ0n) is 8.43. The van der Waals surface area contributed by atoms with Gasteiger partial charge in [0.15, 0.2) is 0 Å². The highest BCUT2D eigenvalue weighted by molar-refractivity contribution is 5.08. The molecule has 0 aliphatic rings. The number of nitriles is 2. The summed E-state index contributed by atoms with van der Waals surface area (Å²) in [5.41, 5.74) is 1.06. The first-order chi connectivity index (χ1) is 7.36.